The third kappa shape index (κ3) is 3.71. The maximum absolute atomic E-state index is 12.2. The Kier molecular flexibility index (Phi) is 4.88. The van der Waals surface area contributed by atoms with Crippen molar-refractivity contribution in [2.45, 2.75) is 26.4 Å². The van der Waals surface area contributed by atoms with E-state index in [1.165, 1.54) is 12.4 Å². The normalized spacial score (nSPS) is 15.0. The number of aromatic nitrogens is 2. The van der Waals surface area contributed by atoms with E-state index in [0.717, 1.165) is 4.57 Å². The number of pyridine rings is 1. The van der Waals surface area contributed by atoms with Gasteiger partial charge in [0.25, 0.3) is 0 Å². The number of ether oxygens (including phenoxy) is 1. The summed E-state index contributed by atoms with van der Waals surface area (Å²) in [5, 5.41) is 19.3. The van der Waals surface area contributed by atoms with Gasteiger partial charge in [0, 0.05) is 44.0 Å². The summed E-state index contributed by atoms with van der Waals surface area (Å²) in [5.41, 5.74) is -0.0356. The largest absolute Gasteiger partial charge is 0.478 e. The molecular weight excluding hydrogens is 368 g/mol. The van der Waals surface area contributed by atoms with E-state index in [2.05, 4.69) is 4.98 Å². The Morgan fingerprint density at radius 2 is 1.75 bits per heavy atom. The van der Waals surface area contributed by atoms with Crippen molar-refractivity contribution in [2.75, 3.05) is 31.1 Å². The minimum atomic E-state index is -1.20. The Balaban J connectivity index is 1.90. The molecule has 0 spiro atoms. The third-order valence-corrected chi connectivity index (χ3v) is 4.37. The number of anilines is 1. The van der Waals surface area contributed by atoms with E-state index in [-0.39, 0.29) is 11.2 Å². The van der Waals surface area contributed by atoms with Crippen molar-refractivity contribution in [1.82, 2.24) is 14.5 Å². The molecule has 0 unspecified atom stereocenters. The summed E-state index contributed by atoms with van der Waals surface area (Å²) in [6, 6.07) is 1.54. The molecule has 3 heterocycles. The summed E-state index contributed by atoms with van der Waals surface area (Å²) in [5.74, 6) is -1.15. The number of nitrogens with zero attached hydrogens (tertiary/aromatic N) is 4. The summed E-state index contributed by atoms with van der Waals surface area (Å²) in [7, 11) is 0. The average molecular weight is 390 g/mol. The van der Waals surface area contributed by atoms with Crippen LogP contribution in [0.1, 0.15) is 31.1 Å². The third-order valence-electron chi connectivity index (χ3n) is 4.37. The Hall–Kier alpha value is -3.30. The topological polar surface area (TPSA) is 125 Å². The van der Waals surface area contributed by atoms with Crippen molar-refractivity contribution in [3.05, 3.63) is 24.0 Å². The quantitative estimate of drug-likeness (QED) is 0.800. The van der Waals surface area contributed by atoms with Gasteiger partial charge in [-0.25, -0.2) is 23.9 Å². The first-order valence-corrected chi connectivity index (χ1v) is 8.78. The molecule has 0 atom stereocenters. The summed E-state index contributed by atoms with van der Waals surface area (Å²) >= 11 is 0. The Morgan fingerprint density at radius 3 is 2.29 bits per heavy atom. The molecule has 0 aromatic carbocycles. The molecular formula is C18H22N4O6. The van der Waals surface area contributed by atoms with Crippen LogP contribution >= 0.6 is 0 Å². The molecule has 150 valence electrons. The van der Waals surface area contributed by atoms with Crippen molar-refractivity contribution in [3.8, 4) is 0 Å². The van der Waals surface area contributed by atoms with E-state index in [9.17, 15) is 24.6 Å². The highest BCUT2D eigenvalue weighted by Gasteiger charge is 2.29. The molecule has 0 aliphatic carbocycles. The zero-order valence-electron chi connectivity index (χ0n) is 15.9. The molecule has 28 heavy (non-hydrogen) atoms. The SMILES string of the molecule is CC(C)(C)OC(=O)N1CCN(c2c(C(=O)O)cnc3c2ccn3C(=O)O)CC1. The minimum absolute atomic E-state index is 0.0126. The molecule has 1 aliphatic rings. The zero-order chi connectivity index (χ0) is 20.6. The van der Waals surface area contributed by atoms with Crippen LogP contribution in [0.3, 0.4) is 0 Å². The standard InChI is InChI=1S/C18H22N4O6/c1-18(2,3)28-17(27)21-8-6-20(7-9-21)13-11-4-5-22(16(25)26)14(11)19-10-12(13)15(23)24/h4-5,10H,6-9H2,1-3H3,(H,23,24)(H,25,26). The maximum atomic E-state index is 12.2. The van der Waals surface area contributed by atoms with Gasteiger partial charge in [0.2, 0.25) is 0 Å². The Labute approximate surface area is 160 Å². The fraction of sp³-hybridized carbons (Fsp3) is 0.444. The molecule has 10 nitrogen and oxygen atoms in total. The maximum Gasteiger partial charge on any atom is 0.417 e. The molecule has 0 saturated carbocycles. The van der Waals surface area contributed by atoms with Crippen LogP contribution in [0.25, 0.3) is 11.0 Å². The second-order valence-electron chi connectivity index (χ2n) is 7.49. The molecule has 2 aromatic heterocycles. The van der Waals surface area contributed by atoms with E-state index in [1.54, 1.807) is 31.7 Å². The number of amides is 1. The molecule has 0 bridgehead atoms. The molecule has 2 N–H and O–H groups in total. The van der Waals surface area contributed by atoms with E-state index in [0.29, 0.717) is 37.3 Å². The average Bonchev–Trinajstić information content (AvgIpc) is 3.03. The molecule has 1 amide bonds. The van der Waals surface area contributed by atoms with Crippen LogP contribution in [0.4, 0.5) is 15.3 Å². The molecule has 1 fully saturated rings. The number of hydrogen-bond donors (Lipinski definition) is 2. The summed E-state index contributed by atoms with van der Waals surface area (Å²) in [6.45, 7) is 6.87. The first-order valence-electron chi connectivity index (χ1n) is 8.78. The van der Waals surface area contributed by atoms with Gasteiger partial charge in [-0.3, -0.25) is 0 Å². The van der Waals surface area contributed by atoms with Gasteiger partial charge in [-0.2, -0.15) is 0 Å². The highest BCUT2D eigenvalue weighted by atomic mass is 16.6. The lowest BCUT2D eigenvalue weighted by Gasteiger charge is -2.37. The van der Waals surface area contributed by atoms with Crippen LogP contribution in [0, 0.1) is 0 Å². The van der Waals surface area contributed by atoms with Gasteiger partial charge in [-0.05, 0) is 26.8 Å². The number of carboxylic acid groups (broad SMARTS) is 2. The second-order valence-corrected chi connectivity index (χ2v) is 7.49. The monoisotopic (exact) mass is 390 g/mol. The predicted octanol–water partition coefficient (Wildman–Crippen LogP) is 2.32. The number of hydrogen-bond acceptors (Lipinski definition) is 6. The number of aromatic carboxylic acids is 1. The first kappa shape index (κ1) is 19.5. The van der Waals surface area contributed by atoms with Crippen LogP contribution in [0.15, 0.2) is 18.5 Å². The number of carbonyl (C=O) groups is 3. The molecule has 10 heteroatoms. The molecule has 0 radical (unpaired) electrons. The summed E-state index contributed by atoms with van der Waals surface area (Å²) in [6.07, 6.45) is 0.889. The number of piperazine rings is 1. The number of rotatable bonds is 2. The highest BCUT2D eigenvalue weighted by molar-refractivity contribution is 6.05. The highest BCUT2D eigenvalue weighted by Crippen LogP contribution is 2.31. The van der Waals surface area contributed by atoms with E-state index in [1.807, 2.05) is 4.90 Å². The van der Waals surface area contributed by atoms with Crippen LogP contribution in [-0.2, 0) is 4.74 Å². The predicted molar refractivity (Wildman–Crippen MR) is 100 cm³/mol. The summed E-state index contributed by atoms with van der Waals surface area (Å²) < 4.78 is 6.32. The van der Waals surface area contributed by atoms with Crippen LogP contribution in [0.2, 0.25) is 0 Å². The number of carboxylic acids is 1. The number of carbonyl (C=O) groups excluding carboxylic acids is 1. The van der Waals surface area contributed by atoms with E-state index >= 15 is 0 Å². The minimum Gasteiger partial charge on any atom is -0.478 e. The lowest BCUT2D eigenvalue weighted by atomic mass is 10.1. The first-order chi connectivity index (χ1) is 13.1. The number of fused-ring (bicyclic) bond motifs is 1. The molecule has 3 rings (SSSR count). The Morgan fingerprint density at radius 1 is 1.11 bits per heavy atom. The second kappa shape index (κ2) is 7.02. The Bertz CT molecular complexity index is 937. The van der Waals surface area contributed by atoms with Crippen molar-refractivity contribution < 1.29 is 29.3 Å². The summed E-state index contributed by atoms with van der Waals surface area (Å²) in [4.78, 5) is 42.7. The van der Waals surface area contributed by atoms with Gasteiger partial charge in [0.1, 0.15) is 11.2 Å². The van der Waals surface area contributed by atoms with Crippen molar-refractivity contribution >= 4 is 34.9 Å². The van der Waals surface area contributed by atoms with E-state index in [4.69, 9.17) is 4.74 Å². The van der Waals surface area contributed by atoms with Crippen molar-refractivity contribution in [2.24, 2.45) is 0 Å². The van der Waals surface area contributed by atoms with Crippen molar-refractivity contribution in [1.29, 1.82) is 0 Å². The lowest BCUT2D eigenvalue weighted by molar-refractivity contribution is 0.0240. The molecule has 1 aliphatic heterocycles. The van der Waals surface area contributed by atoms with Gasteiger partial charge in [0.05, 0.1) is 5.69 Å². The van der Waals surface area contributed by atoms with Crippen LogP contribution < -0.4 is 4.90 Å². The van der Waals surface area contributed by atoms with Gasteiger partial charge in [0.15, 0.2) is 5.65 Å². The van der Waals surface area contributed by atoms with E-state index < -0.39 is 23.8 Å². The van der Waals surface area contributed by atoms with Crippen molar-refractivity contribution in [3.63, 3.8) is 0 Å². The van der Waals surface area contributed by atoms with Crippen LogP contribution in [-0.4, -0.2) is 74.6 Å². The zero-order valence-corrected chi connectivity index (χ0v) is 15.9. The van der Waals surface area contributed by atoms with Gasteiger partial charge < -0.3 is 24.7 Å². The molecule has 1 saturated heterocycles. The van der Waals surface area contributed by atoms with Gasteiger partial charge in [-0.1, -0.05) is 0 Å². The van der Waals surface area contributed by atoms with Crippen LogP contribution in [0.5, 0.6) is 0 Å². The lowest BCUT2D eigenvalue weighted by Crippen LogP contribution is -2.50. The smallest absolute Gasteiger partial charge is 0.417 e. The fourth-order valence-electron chi connectivity index (χ4n) is 3.16. The fourth-order valence-corrected chi connectivity index (χ4v) is 3.16. The van der Waals surface area contributed by atoms with Gasteiger partial charge in [-0.15, -0.1) is 0 Å². The molecule has 2 aromatic rings. The van der Waals surface area contributed by atoms with Gasteiger partial charge >= 0.3 is 18.2 Å².